The first kappa shape index (κ1) is 13.4. The van der Waals surface area contributed by atoms with E-state index in [0.29, 0.717) is 12.1 Å². The largest absolute Gasteiger partial charge is 0.382 e. The molecular weight excluding hydrogens is 220 g/mol. The second-order valence-electron chi connectivity index (χ2n) is 4.58. The van der Waals surface area contributed by atoms with E-state index >= 15 is 0 Å². The molecular formula is C12H18N2O3. The molecule has 0 bridgehead atoms. The third-order valence-corrected chi connectivity index (χ3v) is 2.66. The van der Waals surface area contributed by atoms with Gasteiger partial charge in [-0.05, 0) is 32.9 Å². The molecule has 1 aromatic carbocycles. The maximum atomic E-state index is 10.7. The lowest BCUT2D eigenvalue weighted by Gasteiger charge is -2.23. The van der Waals surface area contributed by atoms with Crippen LogP contribution in [0.4, 0.5) is 11.4 Å². The zero-order valence-corrected chi connectivity index (χ0v) is 10.6. The molecule has 0 aliphatic carbocycles. The predicted molar refractivity (Wildman–Crippen MR) is 67.4 cm³/mol. The summed E-state index contributed by atoms with van der Waals surface area (Å²) < 4.78 is 5.28. The normalized spacial score (nSPS) is 11.3. The van der Waals surface area contributed by atoms with E-state index in [1.165, 1.54) is 6.07 Å². The molecule has 1 N–H and O–H groups in total. The van der Waals surface area contributed by atoms with Crippen LogP contribution >= 0.6 is 0 Å². The first-order chi connectivity index (χ1) is 7.85. The van der Waals surface area contributed by atoms with Crippen LogP contribution in [0.25, 0.3) is 0 Å². The van der Waals surface area contributed by atoms with E-state index in [9.17, 15) is 10.1 Å². The van der Waals surface area contributed by atoms with Gasteiger partial charge in [0, 0.05) is 31.0 Å². The van der Waals surface area contributed by atoms with E-state index < -0.39 is 0 Å². The van der Waals surface area contributed by atoms with Gasteiger partial charge in [0.1, 0.15) is 0 Å². The van der Waals surface area contributed by atoms with Gasteiger partial charge in [-0.1, -0.05) is 0 Å². The molecule has 0 unspecified atom stereocenters. The van der Waals surface area contributed by atoms with Crippen LogP contribution in [0.15, 0.2) is 18.2 Å². The van der Waals surface area contributed by atoms with Crippen LogP contribution < -0.4 is 5.32 Å². The van der Waals surface area contributed by atoms with E-state index in [1.807, 2.05) is 13.8 Å². The van der Waals surface area contributed by atoms with Crippen LogP contribution in [-0.4, -0.2) is 24.2 Å². The molecule has 94 valence electrons. The number of hydrogen-bond acceptors (Lipinski definition) is 4. The second kappa shape index (κ2) is 5.14. The number of hydrogen-bond donors (Lipinski definition) is 1. The average molecular weight is 238 g/mol. The van der Waals surface area contributed by atoms with Crippen molar-refractivity contribution in [1.82, 2.24) is 0 Å². The first-order valence-electron chi connectivity index (χ1n) is 5.40. The third-order valence-electron chi connectivity index (χ3n) is 2.66. The van der Waals surface area contributed by atoms with Crippen LogP contribution in [0.5, 0.6) is 0 Å². The van der Waals surface area contributed by atoms with Gasteiger partial charge in [-0.25, -0.2) is 0 Å². The smallest absolute Gasteiger partial charge is 0.272 e. The van der Waals surface area contributed by atoms with Gasteiger partial charge in [0.2, 0.25) is 0 Å². The van der Waals surface area contributed by atoms with Crippen LogP contribution in [0.2, 0.25) is 0 Å². The van der Waals surface area contributed by atoms with Crippen LogP contribution in [-0.2, 0) is 4.74 Å². The summed E-state index contributed by atoms with van der Waals surface area (Å²) in [4.78, 5) is 10.3. The van der Waals surface area contributed by atoms with Crippen LogP contribution in [0.1, 0.15) is 19.4 Å². The van der Waals surface area contributed by atoms with Crippen molar-refractivity contribution in [1.29, 1.82) is 0 Å². The van der Waals surface area contributed by atoms with E-state index in [0.717, 1.165) is 5.69 Å². The van der Waals surface area contributed by atoms with Crippen molar-refractivity contribution in [2.24, 2.45) is 0 Å². The number of nitro groups is 1. The molecule has 0 spiro atoms. The quantitative estimate of drug-likeness (QED) is 0.632. The molecule has 0 saturated carbocycles. The van der Waals surface area contributed by atoms with Gasteiger partial charge in [-0.2, -0.15) is 0 Å². The second-order valence-corrected chi connectivity index (χ2v) is 4.58. The number of rotatable bonds is 5. The Balaban J connectivity index is 2.75. The summed E-state index contributed by atoms with van der Waals surface area (Å²) in [5, 5.41) is 13.9. The van der Waals surface area contributed by atoms with Crippen molar-refractivity contribution in [3.8, 4) is 0 Å². The highest BCUT2D eigenvalue weighted by Gasteiger charge is 2.16. The summed E-state index contributed by atoms with van der Waals surface area (Å²) in [6.07, 6.45) is 0. The van der Waals surface area contributed by atoms with E-state index in [4.69, 9.17) is 4.74 Å². The fraction of sp³-hybridized carbons (Fsp3) is 0.500. The molecule has 1 rings (SSSR count). The fourth-order valence-electron chi connectivity index (χ4n) is 1.36. The summed E-state index contributed by atoms with van der Waals surface area (Å²) in [6, 6.07) is 4.98. The number of aryl methyl sites for hydroxylation is 1. The Bertz CT molecular complexity index is 416. The maximum absolute atomic E-state index is 10.7. The molecule has 0 aliphatic heterocycles. The summed E-state index contributed by atoms with van der Waals surface area (Å²) in [6.45, 7) is 6.31. The molecule has 1 aromatic rings. The van der Waals surface area contributed by atoms with Crippen LogP contribution in [0, 0.1) is 17.0 Å². The van der Waals surface area contributed by atoms with Crippen molar-refractivity contribution in [2.45, 2.75) is 26.4 Å². The minimum absolute atomic E-state index is 0.140. The van der Waals surface area contributed by atoms with Gasteiger partial charge < -0.3 is 10.1 Å². The molecule has 0 heterocycles. The lowest BCUT2D eigenvalue weighted by atomic mass is 10.1. The first-order valence-corrected chi connectivity index (χ1v) is 5.40. The number of methoxy groups -OCH3 is 1. The highest BCUT2D eigenvalue weighted by atomic mass is 16.6. The Morgan fingerprint density at radius 1 is 1.47 bits per heavy atom. The minimum atomic E-state index is -0.377. The summed E-state index contributed by atoms with van der Waals surface area (Å²) in [5.41, 5.74) is 1.38. The molecule has 17 heavy (non-hydrogen) atoms. The van der Waals surface area contributed by atoms with Crippen molar-refractivity contribution >= 4 is 11.4 Å². The van der Waals surface area contributed by atoms with Gasteiger partial charge in [0.05, 0.1) is 10.5 Å². The van der Waals surface area contributed by atoms with Crippen molar-refractivity contribution < 1.29 is 9.66 Å². The SMILES string of the molecule is COC(C)(C)CNc1ccc([N+](=O)[O-])c(C)c1. The summed E-state index contributed by atoms with van der Waals surface area (Å²) >= 11 is 0. The van der Waals surface area contributed by atoms with Gasteiger partial charge >= 0.3 is 0 Å². The molecule has 0 radical (unpaired) electrons. The van der Waals surface area contributed by atoms with E-state index in [-0.39, 0.29) is 16.2 Å². The predicted octanol–water partition coefficient (Wildman–Crippen LogP) is 2.74. The molecule has 0 fully saturated rings. The summed E-state index contributed by atoms with van der Waals surface area (Å²) in [7, 11) is 1.66. The lowest BCUT2D eigenvalue weighted by molar-refractivity contribution is -0.385. The third kappa shape index (κ3) is 3.71. The zero-order chi connectivity index (χ0) is 13.1. The highest BCUT2D eigenvalue weighted by Crippen LogP contribution is 2.22. The summed E-state index contributed by atoms with van der Waals surface area (Å²) in [5.74, 6) is 0. The number of benzene rings is 1. The Morgan fingerprint density at radius 2 is 2.12 bits per heavy atom. The van der Waals surface area contributed by atoms with E-state index in [2.05, 4.69) is 5.32 Å². The fourth-order valence-corrected chi connectivity index (χ4v) is 1.36. The maximum Gasteiger partial charge on any atom is 0.272 e. The van der Waals surface area contributed by atoms with Gasteiger partial charge in [-0.3, -0.25) is 10.1 Å². The van der Waals surface area contributed by atoms with Crippen molar-refractivity contribution in [3.05, 3.63) is 33.9 Å². The molecule has 5 heteroatoms. The Kier molecular flexibility index (Phi) is 4.07. The number of anilines is 1. The van der Waals surface area contributed by atoms with Crippen molar-refractivity contribution in [3.63, 3.8) is 0 Å². The molecule has 0 amide bonds. The van der Waals surface area contributed by atoms with Crippen LogP contribution in [0.3, 0.4) is 0 Å². The zero-order valence-electron chi connectivity index (χ0n) is 10.6. The monoisotopic (exact) mass is 238 g/mol. The number of nitrogens with zero attached hydrogens (tertiary/aromatic N) is 1. The number of nitro benzene ring substituents is 1. The molecule has 0 saturated heterocycles. The topological polar surface area (TPSA) is 64.4 Å². The standard InChI is InChI=1S/C12H18N2O3/c1-9-7-10(5-6-11(9)14(15)16)13-8-12(2,3)17-4/h5-7,13H,8H2,1-4H3. The molecule has 5 nitrogen and oxygen atoms in total. The Hall–Kier alpha value is -1.62. The molecule has 0 atom stereocenters. The molecule has 0 aliphatic rings. The average Bonchev–Trinajstić information content (AvgIpc) is 2.26. The lowest BCUT2D eigenvalue weighted by Crippen LogP contribution is -2.32. The van der Waals surface area contributed by atoms with Gasteiger partial charge in [0.25, 0.3) is 5.69 Å². The number of ether oxygens (including phenoxy) is 1. The molecule has 0 aromatic heterocycles. The van der Waals surface area contributed by atoms with Crippen molar-refractivity contribution in [2.75, 3.05) is 19.0 Å². The number of nitrogens with one attached hydrogen (secondary N) is 1. The van der Waals surface area contributed by atoms with E-state index in [1.54, 1.807) is 26.2 Å². The highest BCUT2D eigenvalue weighted by molar-refractivity contribution is 5.53. The van der Waals surface area contributed by atoms with Gasteiger partial charge in [-0.15, -0.1) is 0 Å². The Morgan fingerprint density at radius 3 is 2.59 bits per heavy atom. The minimum Gasteiger partial charge on any atom is -0.382 e. The van der Waals surface area contributed by atoms with Gasteiger partial charge in [0.15, 0.2) is 0 Å². The Labute approximate surface area is 101 Å².